The number of anilines is 1. The topological polar surface area (TPSA) is 70.7 Å². The highest BCUT2D eigenvalue weighted by Crippen LogP contribution is 2.39. The molecule has 1 aliphatic rings. The number of H-pyrrole nitrogens is 1. The second kappa shape index (κ2) is 4.39. The van der Waals surface area contributed by atoms with Gasteiger partial charge in [0.05, 0.1) is 22.5 Å². The van der Waals surface area contributed by atoms with Gasteiger partial charge >= 0.3 is 0 Å². The molecule has 2 aromatic heterocycles. The van der Waals surface area contributed by atoms with Gasteiger partial charge in [-0.1, -0.05) is 13.8 Å². The van der Waals surface area contributed by atoms with Crippen molar-refractivity contribution in [2.75, 3.05) is 5.32 Å². The van der Waals surface area contributed by atoms with Crippen LogP contribution in [0.5, 0.6) is 0 Å². The molecule has 6 heteroatoms. The van der Waals surface area contributed by atoms with Crippen LogP contribution in [0.3, 0.4) is 0 Å². The standard InChI is InChI=1S/C15H14N4OS/c1-7(2)13-8-3-10-11(4-9(8)19-15(13)20)18-14(17-10)12-5-21-6-16-12/h3-7,13H,1-2H3,(H,17,18)(H,19,20). The minimum atomic E-state index is -0.0937. The Labute approximate surface area is 125 Å². The summed E-state index contributed by atoms with van der Waals surface area (Å²) >= 11 is 1.54. The summed E-state index contributed by atoms with van der Waals surface area (Å²) in [5.74, 6) is 1.01. The molecule has 5 nitrogen and oxygen atoms in total. The Kier molecular flexibility index (Phi) is 2.62. The van der Waals surface area contributed by atoms with Crippen LogP contribution in [0, 0.1) is 5.92 Å². The Bertz CT molecular complexity index is 835. The zero-order valence-corrected chi connectivity index (χ0v) is 12.5. The predicted octanol–water partition coefficient (Wildman–Crippen LogP) is 3.38. The van der Waals surface area contributed by atoms with Gasteiger partial charge in [-0.15, -0.1) is 11.3 Å². The molecule has 1 amide bonds. The van der Waals surface area contributed by atoms with E-state index in [1.54, 1.807) is 16.8 Å². The highest BCUT2D eigenvalue weighted by atomic mass is 32.1. The van der Waals surface area contributed by atoms with Gasteiger partial charge in [0, 0.05) is 11.1 Å². The quantitative estimate of drug-likeness (QED) is 0.762. The fourth-order valence-electron chi connectivity index (χ4n) is 2.90. The smallest absolute Gasteiger partial charge is 0.232 e. The molecule has 106 valence electrons. The fourth-order valence-corrected chi connectivity index (χ4v) is 3.44. The Morgan fingerprint density at radius 2 is 2.19 bits per heavy atom. The Morgan fingerprint density at radius 1 is 1.33 bits per heavy atom. The lowest BCUT2D eigenvalue weighted by molar-refractivity contribution is -0.117. The van der Waals surface area contributed by atoms with Gasteiger partial charge in [0.2, 0.25) is 5.91 Å². The average Bonchev–Trinajstić information content (AvgIpc) is 3.11. The van der Waals surface area contributed by atoms with Crippen LogP contribution in [-0.2, 0) is 4.79 Å². The van der Waals surface area contributed by atoms with Crippen molar-refractivity contribution in [1.82, 2.24) is 15.0 Å². The number of benzene rings is 1. The van der Waals surface area contributed by atoms with Crippen molar-refractivity contribution in [3.63, 3.8) is 0 Å². The van der Waals surface area contributed by atoms with Crippen LogP contribution in [0.1, 0.15) is 25.3 Å². The monoisotopic (exact) mass is 298 g/mol. The summed E-state index contributed by atoms with van der Waals surface area (Å²) in [6.45, 7) is 4.13. The molecule has 1 aromatic carbocycles. The summed E-state index contributed by atoms with van der Waals surface area (Å²) in [6.07, 6.45) is 0. The highest BCUT2D eigenvalue weighted by molar-refractivity contribution is 7.07. The number of carbonyl (C=O) groups excluding carboxylic acids is 1. The van der Waals surface area contributed by atoms with Crippen LogP contribution in [0.2, 0.25) is 0 Å². The van der Waals surface area contributed by atoms with Crippen LogP contribution in [0.4, 0.5) is 5.69 Å². The van der Waals surface area contributed by atoms with Gasteiger partial charge in [0.15, 0.2) is 5.82 Å². The summed E-state index contributed by atoms with van der Waals surface area (Å²) in [7, 11) is 0. The normalized spacial score (nSPS) is 17.5. The van der Waals surface area contributed by atoms with Gasteiger partial charge in [-0.05, 0) is 23.6 Å². The number of aromatic nitrogens is 3. The second-order valence-electron chi connectivity index (χ2n) is 5.63. The molecule has 0 saturated carbocycles. The zero-order chi connectivity index (χ0) is 14.6. The van der Waals surface area contributed by atoms with E-state index in [9.17, 15) is 4.79 Å². The number of fused-ring (bicyclic) bond motifs is 2. The largest absolute Gasteiger partial charge is 0.337 e. The van der Waals surface area contributed by atoms with Gasteiger partial charge < -0.3 is 10.3 Å². The minimum absolute atomic E-state index is 0.0763. The molecule has 3 aromatic rings. The van der Waals surface area contributed by atoms with Crippen LogP contribution < -0.4 is 5.32 Å². The number of rotatable bonds is 2. The maximum absolute atomic E-state index is 12.1. The molecule has 4 rings (SSSR count). The lowest BCUT2D eigenvalue weighted by Gasteiger charge is -2.12. The van der Waals surface area contributed by atoms with Gasteiger partial charge in [-0.25, -0.2) is 9.97 Å². The molecule has 2 N–H and O–H groups in total. The molecule has 0 fully saturated rings. The number of hydrogen-bond acceptors (Lipinski definition) is 4. The molecule has 1 aliphatic heterocycles. The van der Waals surface area contributed by atoms with E-state index < -0.39 is 0 Å². The molecule has 0 aliphatic carbocycles. The summed E-state index contributed by atoms with van der Waals surface area (Å²) in [6, 6.07) is 3.98. The lowest BCUT2D eigenvalue weighted by atomic mass is 9.89. The Hall–Kier alpha value is -2.21. The number of nitrogens with one attached hydrogen (secondary N) is 2. The molecular formula is C15H14N4OS. The van der Waals surface area contributed by atoms with Crippen molar-refractivity contribution in [3.8, 4) is 11.5 Å². The number of nitrogens with zero attached hydrogens (tertiary/aromatic N) is 2. The minimum Gasteiger partial charge on any atom is -0.337 e. The first kappa shape index (κ1) is 12.5. The van der Waals surface area contributed by atoms with E-state index in [1.807, 2.05) is 17.5 Å². The van der Waals surface area contributed by atoms with E-state index in [1.165, 1.54) is 0 Å². The molecule has 1 unspecified atom stereocenters. The van der Waals surface area contributed by atoms with Crippen molar-refractivity contribution in [2.24, 2.45) is 5.92 Å². The Morgan fingerprint density at radius 3 is 2.90 bits per heavy atom. The average molecular weight is 298 g/mol. The number of thiazole rings is 1. The van der Waals surface area contributed by atoms with E-state index in [2.05, 4.69) is 34.1 Å². The van der Waals surface area contributed by atoms with Gasteiger partial charge in [0.25, 0.3) is 0 Å². The van der Waals surface area contributed by atoms with Crippen LogP contribution >= 0.6 is 11.3 Å². The first-order valence-electron chi connectivity index (χ1n) is 6.86. The van der Waals surface area contributed by atoms with E-state index in [-0.39, 0.29) is 17.7 Å². The van der Waals surface area contributed by atoms with Crippen LogP contribution in [0.15, 0.2) is 23.0 Å². The number of carbonyl (C=O) groups is 1. The van der Waals surface area contributed by atoms with Gasteiger partial charge in [-0.2, -0.15) is 0 Å². The number of amides is 1. The van der Waals surface area contributed by atoms with E-state index >= 15 is 0 Å². The van der Waals surface area contributed by atoms with Crippen molar-refractivity contribution < 1.29 is 4.79 Å². The van der Waals surface area contributed by atoms with E-state index in [0.717, 1.165) is 33.8 Å². The third-order valence-electron chi connectivity index (χ3n) is 3.87. The highest BCUT2D eigenvalue weighted by Gasteiger charge is 2.33. The molecule has 21 heavy (non-hydrogen) atoms. The lowest BCUT2D eigenvalue weighted by Crippen LogP contribution is -2.16. The van der Waals surface area contributed by atoms with Crippen molar-refractivity contribution >= 4 is 34.0 Å². The summed E-state index contributed by atoms with van der Waals surface area (Å²) in [5.41, 5.74) is 6.36. The summed E-state index contributed by atoms with van der Waals surface area (Å²) < 4.78 is 0. The number of hydrogen-bond donors (Lipinski definition) is 2. The van der Waals surface area contributed by atoms with Crippen molar-refractivity contribution in [3.05, 3.63) is 28.6 Å². The Balaban J connectivity index is 1.87. The summed E-state index contributed by atoms with van der Waals surface area (Å²) in [5, 5.41) is 4.93. The molecule has 0 saturated heterocycles. The van der Waals surface area contributed by atoms with E-state index in [0.29, 0.717) is 0 Å². The molecular weight excluding hydrogens is 284 g/mol. The number of aromatic amines is 1. The predicted molar refractivity (Wildman–Crippen MR) is 83.4 cm³/mol. The maximum Gasteiger partial charge on any atom is 0.232 e. The first-order valence-corrected chi connectivity index (χ1v) is 7.81. The van der Waals surface area contributed by atoms with Crippen molar-refractivity contribution in [1.29, 1.82) is 0 Å². The fraction of sp³-hybridized carbons (Fsp3) is 0.267. The third-order valence-corrected chi connectivity index (χ3v) is 4.46. The molecule has 0 radical (unpaired) electrons. The molecule has 0 bridgehead atoms. The van der Waals surface area contributed by atoms with Crippen LogP contribution in [-0.4, -0.2) is 20.9 Å². The zero-order valence-electron chi connectivity index (χ0n) is 11.7. The SMILES string of the molecule is CC(C)C1C(=O)Nc2cc3[nH]c(-c4cscn4)nc3cc21. The van der Waals surface area contributed by atoms with Crippen molar-refractivity contribution in [2.45, 2.75) is 19.8 Å². The molecule has 3 heterocycles. The van der Waals surface area contributed by atoms with E-state index in [4.69, 9.17) is 0 Å². The number of imidazole rings is 1. The van der Waals surface area contributed by atoms with Gasteiger partial charge in [-0.3, -0.25) is 4.79 Å². The maximum atomic E-state index is 12.1. The third kappa shape index (κ3) is 1.86. The first-order chi connectivity index (χ1) is 10.1. The molecule has 1 atom stereocenters. The van der Waals surface area contributed by atoms with Gasteiger partial charge in [0.1, 0.15) is 5.69 Å². The second-order valence-corrected chi connectivity index (χ2v) is 6.35. The summed E-state index contributed by atoms with van der Waals surface area (Å²) in [4.78, 5) is 24.2. The molecule has 0 spiro atoms. The van der Waals surface area contributed by atoms with Crippen LogP contribution in [0.25, 0.3) is 22.6 Å².